The van der Waals surface area contributed by atoms with Crippen molar-refractivity contribution in [2.24, 2.45) is 11.3 Å². The van der Waals surface area contributed by atoms with Gasteiger partial charge in [0, 0.05) is 25.6 Å². The summed E-state index contributed by atoms with van der Waals surface area (Å²) in [7, 11) is 1.46. The highest BCUT2D eigenvalue weighted by Gasteiger charge is 2.34. The number of esters is 1. The Morgan fingerprint density at radius 3 is 2.38 bits per heavy atom. The van der Waals surface area contributed by atoms with E-state index in [1.807, 2.05) is 0 Å². The highest BCUT2D eigenvalue weighted by atomic mass is 16.7. The summed E-state index contributed by atoms with van der Waals surface area (Å²) >= 11 is 0. The van der Waals surface area contributed by atoms with Crippen molar-refractivity contribution >= 4 is 5.97 Å². The molecule has 0 bridgehead atoms. The van der Waals surface area contributed by atoms with Gasteiger partial charge in [-0.2, -0.15) is 0 Å². The van der Waals surface area contributed by atoms with Gasteiger partial charge in [0.15, 0.2) is 12.6 Å². The van der Waals surface area contributed by atoms with Crippen molar-refractivity contribution in [2.75, 3.05) is 20.3 Å². The molecule has 228 valence electrons. The number of rotatable bonds is 16. The second-order valence-corrected chi connectivity index (χ2v) is 12.7. The molecular weight excluding hydrogens is 504 g/mol. The molecule has 2 unspecified atom stereocenters. The molecule has 6 heteroatoms. The predicted molar refractivity (Wildman–Crippen MR) is 160 cm³/mol. The fraction of sp³-hybridized carbons (Fsp3) is 0.794. The molecule has 0 N–H and O–H groups in total. The van der Waals surface area contributed by atoms with E-state index in [1.54, 1.807) is 0 Å². The lowest BCUT2D eigenvalue weighted by Gasteiger charge is -2.36. The van der Waals surface area contributed by atoms with Gasteiger partial charge in [-0.25, -0.2) is 0 Å². The molecule has 2 fully saturated rings. The van der Waals surface area contributed by atoms with Gasteiger partial charge < -0.3 is 23.7 Å². The molecule has 5 atom stereocenters. The third-order valence-corrected chi connectivity index (χ3v) is 8.47. The normalized spacial score (nSPS) is 26.5. The van der Waals surface area contributed by atoms with E-state index in [9.17, 15) is 4.79 Å². The maximum Gasteiger partial charge on any atom is 0.305 e. The van der Waals surface area contributed by atoms with E-state index in [2.05, 4.69) is 52.0 Å². The van der Waals surface area contributed by atoms with Crippen LogP contribution in [0.5, 0.6) is 0 Å². The first kappa shape index (κ1) is 33.0. The summed E-state index contributed by atoms with van der Waals surface area (Å²) in [5.74, 6) is 0.106. The molecular formula is C34H56O6. The zero-order valence-electron chi connectivity index (χ0n) is 26.0. The summed E-state index contributed by atoms with van der Waals surface area (Å²) in [6.07, 6.45) is 23.3. The van der Waals surface area contributed by atoms with Gasteiger partial charge >= 0.3 is 5.97 Å². The van der Waals surface area contributed by atoms with Crippen molar-refractivity contribution in [3.8, 4) is 0 Å². The molecule has 0 aromatic rings. The molecule has 0 spiro atoms. The first-order chi connectivity index (χ1) is 19.3. The summed E-state index contributed by atoms with van der Waals surface area (Å²) in [6, 6.07) is 0. The summed E-state index contributed by atoms with van der Waals surface area (Å²) in [4.78, 5) is 11.4. The predicted octanol–water partition coefficient (Wildman–Crippen LogP) is 8.21. The maximum atomic E-state index is 11.4. The van der Waals surface area contributed by atoms with Gasteiger partial charge in [-0.05, 0) is 89.9 Å². The van der Waals surface area contributed by atoms with Crippen LogP contribution >= 0.6 is 0 Å². The van der Waals surface area contributed by atoms with E-state index in [0.717, 1.165) is 90.3 Å². The van der Waals surface area contributed by atoms with Crippen molar-refractivity contribution in [3.63, 3.8) is 0 Å². The topological polar surface area (TPSA) is 63.2 Å². The summed E-state index contributed by atoms with van der Waals surface area (Å²) < 4.78 is 30.0. The van der Waals surface area contributed by atoms with Gasteiger partial charge in [-0.15, -0.1) is 0 Å². The minimum Gasteiger partial charge on any atom is -0.469 e. The lowest BCUT2D eigenvalue weighted by molar-refractivity contribution is -0.197. The molecule has 3 rings (SSSR count). The van der Waals surface area contributed by atoms with Gasteiger partial charge in [0.25, 0.3) is 0 Å². The molecule has 0 saturated carbocycles. The van der Waals surface area contributed by atoms with Crippen LogP contribution in [-0.4, -0.2) is 51.1 Å². The number of carbonyl (C=O) groups excluding carboxylic acids is 1. The fourth-order valence-electron chi connectivity index (χ4n) is 5.79. The Kier molecular flexibility index (Phi) is 14.4. The molecule has 0 aromatic carbocycles. The van der Waals surface area contributed by atoms with Crippen LogP contribution in [-0.2, 0) is 28.5 Å². The number of hydrogen-bond acceptors (Lipinski definition) is 6. The number of ether oxygens (including phenoxy) is 5. The van der Waals surface area contributed by atoms with Crippen LogP contribution in [0.4, 0.5) is 0 Å². The fourth-order valence-corrected chi connectivity index (χ4v) is 5.79. The lowest BCUT2D eigenvalue weighted by atomic mass is 9.81. The van der Waals surface area contributed by atoms with Crippen molar-refractivity contribution in [1.29, 1.82) is 0 Å². The van der Waals surface area contributed by atoms with E-state index in [4.69, 9.17) is 23.7 Å². The van der Waals surface area contributed by atoms with E-state index in [-0.39, 0.29) is 42.1 Å². The Morgan fingerprint density at radius 2 is 1.73 bits per heavy atom. The Bertz CT molecular complexity index is 827. The third-order valence-electron chi connectivity index (χ3n) is 8.47. The first-order valence-corrected chi connectivity index (χ1v) is 15.9. The van der Waals surface area contributed by atoms with Gasteiger partial charge in [0.1, 0.15) is 0 Å². The van der Waals surface area contributed by atoms with E-state index >= 15 is 0 Å². The first-order valence-electron chi connectivity index (χ1n) is 15.9. The molecule has 2 heterocycles. The summed E-state index contributed by atoms with van der Waals surface area (Å²) in [5.41, 5.74) is 2.72. The van der Waals surface area contributed by atoms with E-state index in [1.165, 1.54) is 24.7 Å². The van der Waals surface area contributed by atoms with Crippen molar-refractivity contribution in [1.82, 2.24) is 0 Å². The smallest absolute Gasteiger partial charge is 0.305 e. The number of carbonyl (C=O) groups is 1. The molecule has 2 saturated heterocycles. The molecule has 40 heavy (non-hydrogen) atoms. The third kappa shape index (κ3) is 11.4. The van der Waals surface area contributed by atoms with Crippen LogP contribution in [0.2, 0.25) is 0 Å². The molecule has 1 aliphatic carbocycles. The molecule has 0 amide bonds. The quantitative estimate of drug-likeness (QED) is 0.108. The minimum atomic E-state index is -0.138. The molecule has 0 aromatic heterocycles. The SMILES string of the molecule is COC(=O)CCCCCCC1=CC[C@@H](OC2CCCCO2)[C@@H]1C=C[C@@H](OC1CCCCO1)C(C)(C)CC=C(C)C. The summed E-state index contributed by atoms with van der Waals surface area (Å²) in [5, 5.41) is 0. The molecule has 0 radical (unpaired) electrons. The Morgan fingerprint density at radius 1 is 1.02 bits per heavy atom. The van der Waals surface area contributed by atoms with Crippen LogP contribution in [0.25, 0.3) is 0 Å². The number of allylic oxidation sites excluding steroid dienone is 2. The van der Waals surface area contributed by atoms with Gasteiger partial charge in [-0.1, -0.05) is 62.1 Å². The van der Waals surface area contributed by atoms with Gasteiger partial charge in [0.2, 0.25) is 0 Å². The van der Waals surface area contributed by atoms with Crippen LogP contribution < -0.4 is 0 Å². The second-order valence-electron chi connectivity index (χ2n) is 12.7. The molecule has 2 aliphatic heterocycles. The van der Waals surface area contributed by atoms with Gasteiger partial charge in [-0.3, -0.25) is 4.79 Å². The van der Waals surface area contributed by atoms with E-state index in [0.29, 0.717) is 6.42 Å². The zero-order chi connectivity index (χ0) is 28.8. The number of methoxy groups -OCH3 is 1. The lowest BCUT2D eigenvalue weighted by Crippen LogP contribution is -2.36. The monoisotopic (exact) mass is 560 g/mol. The second kappa shape index (κ2) is 17.5. The molecule has 6 nitrogen and oxygen atoms in total. The average molecular weight is 561 g/mol. The summed E-state index contributed by atoms with van der Waals surface area (Å²) in [6.45, 7) is 10.5. The van der Waals surface area contributed by atoms with Crippen LogP contribution in [0, 0.1) is 11.3 Å². The Hall–Kier alpha value is -1.47. The minimum absolute atomic E-state index is 0.0575. The number of hydrogen-bond donors (Lipinski definition) is 0. The van der Waals surface area contributed by atoms with E-state index < -0.39 is 0 Å². The van der Waals surface area contributed by atoms with Crippen LogP contribution in [0.1, 0.15) is 118 Å². The van der Waals surface area contributed by atoms with Crippen LogP contribution in [0.3, 0.4) is 0 Å². The zero-order valence-corrected chi connectivity index (χ0v) is 26.0. The van der Waals surface area contributed by atoms with Crippen molar-refractivity contribution in [3.05, 3.63) is 35.5 Å². The van der Waals surface area contributed by atoms with Crippen molar-refractivity contribution in [2.45, 2.75) is 142 Å². The van der Waals surface area contributed by atoms with Crippen LogP contribution in [0.15, 0.2) is 35.5 Å². The average Bonchev–Trinajstić information content (AvgIpc) is 3.33. The standard InChI is InChI=1S/C34H56O6/c1-26(2)22-23-34(3,4)30(40-33-17-11-13-25-38-33)21-19-28-27(14-8-6-7-9-15-31(35)36-5)18-20-29(28)39-32-16-10-12-24-37-32/h18-19,21-22,28-30,32-33H,6-17,20,23-25H2,1-5H3/t28-,29-,30-,32?,33?/m1/s1. The maximum absolute atomic E-state index is 11.4. The molecule has 3 aliphatic rings. The highest BCUT2D eigenvalue weighted by Crippen LogP contribution is 2.37. The Balaban J connectivity index is 1.69. The highest BCUT2D eigenvalue weighted by molar-refractivity contribution is 5.68. The Labute approximate surface area is 243 Å². The van der Waals surface area contributed by atoms with Crippen molar-refractivity contribution < 1.29 is 28.5 Å². The largest absolute Gasteiger partial charge is 0.469 e. The van der Waals surface area contributed by atoms with Gasteiger partial charge in [0.05, 0.1) is 19.3 Å². The number of unbranched alkanes of at least 4 members (excludes halogenated alkanes) is 3.